The van der Waals surface area contributed by atoms with Crippen molar-refractivity contribution in [3.8, 4) is 0 Å². The highest BCUT2D eigenvalue weighted by Gasteiger charge is 2.08. The molecule has 0 aliphatic carbocycles. The number of ether oxygens (including phenoxy) is 3. The number of rotatable bonds is 21. The summed E-state index contributed by atoms with van der Waals surface area (Å²) >= 11 is 0. The summed E-state index contributed by atoms with van der Waals surface area (Å²) in [4.78, 5) is 21.9. The van der Waals surface area contributed by atoms with Gasteiger partial charge in [0.15, 0.2) is 0 Å². The van der Waals surface area contributed by atoms with Crippen molar-refractivity contribution in [2.45, 2.75) is 58.4 Å². The second-order valence-electron chi connectivity index (χ2n) is 9.07. The molecule has 0 atom stereocenters. The number of aliphatic imine (C=N–C) groups is 2. The van der Waals surface area contributed by atoms with Crippen LogP contribution in [0.2, 0.25) is 0 Å². The quantitative estimate of drug-likeness (QED) is 0.205. The normalized spacial score (nSPS) is 13.2. The molecule has 1 N–H and O–H groups in total. The number of carbonyl (C=O) groups is 1. The van der Waals surface area contributed by atoms with Crippen molar-refractivity contribution in [1.29, 1.82) is 0 Å². The number of aldehydes is 1. The fraction of sp³-hybridized carbons (Fsp3) is 0.679. The SMILES string of the molecule is CCCOCCOCCOCCN(C)Cc1cc(CCCCNC2=NCCC=N2)ccc1CCC=O. The van der Waals surface area contributed by atoms with Crippen LogP contribution in [0.25, 0.3) is 0 Å². The van der Waals surface area contributed by atoms with Gasteiger partial charge < -0.3 is 24.3 Å². The average molecular weight is 503 g/mol. The van der Waals surface area contributed by atoms with Crippen LogP contribution in [-0.2, 0) is 38.4 Å². The van der Waals surface area contributed by atoms with Gasteiger partial charge in [-0.05, 0) is 55.8 Å². The van der Waals surface area contributed by atoms with E-state index in [1.54, 1.807) is 0 Å². The third-order valence-corrected chi connectivity index (χ3v) is 5.86. The van der Waals surface area contributed by atoms with Gasteiger partial charge in [0, 0.05) is 51.8 Å². The number of hydrogen-bond donors (Lipinski definition) is 1. The van der Waals surface area contributed by atoms with Gasteiger partial charge in [-0.1, -0.05) is 25.1 Å². The number of likely N-dealkylation sites (N-methyl/N-ethyl adjacent to an activating group) is 1. The van der Waals surface area contributed by atoms with Crippen LogP contribution in [0.4, 0.5) is 0 Å². The minimum atomic E-state index is 0.556. The van der Waals surface area contributed by atoms with E-state index >= 15 is 0 Å². The van der Waals surface area contributed by atoms with Crippen LogP contribution >= 0.6 is 0 Å². The van der Waals surface area contributed by atoms with Crippen LogP contribution in [0.15, 0.2) is 28.2 Å². The maximum Gasteiger partial charge on any atom is 0.217 e. The van der Waals surface area contributed by atoms with Gasteiger partial charge >= 0.3 is 0 Å². The van der Waals surface area contributed by atoms with Gasteiger partial charge in [-0.3, -0.25) is 9.89 Å². The molecule has 1 heterocycles. The number of benzene rings is 1. The third-order valence-electron chi connectivity index (χ3n) is 5.86. The van der Waals surface area contributed by atoms with Gasteiger partial charge in [-0.2, -0.15) is 0 Å². The zero-order valence-electron chi connectivity index (χ0n) is 22.4. The Hall–Kier alpha value is -2.13. The number of hydrogen-bond acceptors (Lipinski definition) is 8. The monoisotopic (exact) mass is 502 g/mol. The molecular formula is C28H46N4O4. The van der Waals surface area contributed by atoms with Gasteiger partial charge in [0.1, 0.15) is 6.29 Å². The Labute approximate surface area is 217 Å². The van der Waals surface area contributed by atoms with E-state index in [0.717, 1.165) is 83.6 Å². The van der Waals surface area contributed by atoms with Gasteiger partial charge in [0.2, 0.25) is 5.96 Å². The summed E-state index contributed by atoms with van der Waals surface area (Å²) in [6.07, 6.45) is 9.45. The number of carbonyl (C=O) groups excluding carboxylic acids is 1. The number of unbranched alkanes of at least 4 members (excludes halogenated alkanes) is 1. The second kappa shape index (κ2) is 20.0. The van der Waals surface area contributed by atoms with Crippen molar-refractivity contribution in [1.82, 2.24) is 10.2 Å². The molecule has 0 amide bonds. The molecule has 0 unspecified atom stereocenters. The summed E-state index contributed by atoms with van der Waals surface area (Å²) in [6.45, 7) is 9.39. The Morgan fingerprint density at radius 3 is 2.50 bits per heavy atom. The van der Waals surface area contributed by atoms with E-state index in [2.05, 4.69) is 52.4 Å². The zero-order chi connectivity index (χ0) is 25.7. The lowest BCUT2D eigenvalue weighted by Gasteiger charge is -2.20. The van der Waals surface area contributed by atoms with Gasteiger partial charge in [0.05, 0.1) is 33.0 Å². The minimum Gasteiger partial charge on any atom is -0.379 e. The molecule has 1 aliphatic rings. The summed E-state index contributed by atoms with van der Waals surface area (Å²) in [5, 5.41) is 3.31. The first-order valence-electron chi connectivity index (χ1n) is 13.5. The molecule has 1 aliphatic heterocycles. The lowest BCUT2D eigenvalue weighted by atomic mass is 9.97. The Kier molecular flexibility index (Phi) is 16.7. The second-order valence-corrected chi connectivity index (χ2v) is 9.07. The van der Waals surface area contributed by atoms with E-state index in [9.17, 15) is 4.79 Å². The van der Waals surface area contributed by atoms with Crippen LogP contribution < -0.4 is 5.32 Å². The van der Waals surface area contributed by atoms with Crippen LogP contribution in [-0.4, -0.2) is 89.7 Å². The topological polar surface area (TPSA) is 84.8 Å². The van der Waals surface area contributed by atoms with E-state index in [1.807, 2.05) is 6.21 Å². The first-order chi connectivity index (χ1) is 17.7. The van der Waals surface area contributed by atoms with E-state index in [4.69, 9.17) is 14.2 Å². The van der Waals surface area contributed by atoms with Crippen LogP contribution in [0.3, 0.4) is 0 Å². The Balaban J connectivity index is 1.69. The molecule has 0 spiro atoms. The molecule has 8 heteroatoms. The first-order valence-corrected chi connectivity index (χ1v) is 13.5. The molecule has 2 rings (SSSR count). The van der Waals surface area contributed by atoms with Crippen LogP contribution in [0.1, 0.15) is 55.7 Å². The molecule has 0 saturated carbocycles. The predicted molar refractivity (Wildman–Crippen MR) is 146 cm³/mol. The van der Waals surface area contributed by atoms with Crippen LogP contribution in [0.5, 0.6) is 0 Å². The fourth-order valence-electron chi connectivity index (χ4n) is 3.89. The highest BCUT2D eigenvalue weighted by molar-refractivity contribution is 5.89. The molecular weight excluding hydrogens is 456 g/mol. The highest BCUT2D eigenvalue weighted by atomic mass is 16.5. The van der Waals surface area contributed by atoms with E-state index < -0.39 is 0 Å². The van der Waals surface area contributed by atoms with Crippen molar-refractivity contribution in [3.05, 3.63) is 34.9 Å². The van der Waals surface area contributed by atoms with Crippen molar-refractivity contribution < 1.29 is 19.0 Å². The number of nitrogens with zero attached hydrogens (tertiary/aromatic N) is 3. The van der Waals surface area contributed by atoms with Gasteiger partial charge in [0.25, 0.3) is 0 Å². The summed E-state index contributed by atoms with van der Waals surface area (Å²) in [6, 6.07) is 6.72. The van der Waals surface area contributed by atoms with E-state index in [0.29, 0.717) is 39.5 Å². The molecule has 0 fully saturated rings. The Morgan fingerprint density at radius 2 is 1.78 bits per heavy atom. The van der Waals surface area contributed by atoms with E-state index in [-0.39, 0.29) is 0 Å². The van der Waals surface area contributed by atoms with Gasteiger partial charge in [-0.25, -0.2) is 4.99 Å². The van der Waals surface area contributed by atoms with Crippen molar-refractivity contribution in [2.24, 2.45) is 9.98 Å². The van der Waals surface area contributed by atoms with E-state index in [1.165, 1.54) is 16.7 Å². The molecule has 0 bridgehead atoms. The molecule has 36 heavy (non-hydrogen) atoms. The van der Waals surface area contributed by atoms with Gasteiger partial charge in [-0.15, -0.1) is 0 Å². The summed E-state index contributed by atoms with van der Waals surface area (Å²) in [5.74, 6) is 0.764. The summed E-state index contributed by atoms with van der Waals surface area (Å²) in [7, 11) is 2.11. The Bertz CT molecular complexity index is 785. The molecule has 0 radical (unpaired) electrons. The molecule has 1 aromatic rings. The zero-order valence-corrected chi connectivity index (χ0v) is 22.4. The minimum absolute atomic E-state index is 0.556. The lowest BCUT2D eigenvalue weighted by Crippen LogP contribution is -2.25. The number of nitrogens with one attached hydrogen (secondary N) is 1. The largest absolute Gasteiger partial charge is 0.379 e. The number of aryl methyl sites for hydroxylation is 2. The summed E-state index contributed by atoms with van der Waals surface area (Å²) in [5.41, 5.74) is 3.90. The third kappa shape index (κ3) is 13.8. The molecule has 0 saturated heterocycles. The molecule has 0 aromatic heterocycles. The molecule has 202 valence electrons. The fourth-order valence-corrected chi connectivity index (χ4v) is 3.89. The van der Waals surface area contributed by atoms with Crippen molar-refractivity contribution >= 4 is 18.5 Å². The molecule has 1 aromatic carbocycles. The van der Waals surface area contributed by atoms with Crippen molar-refractivity contribution in [2.75, 3.05) is 66.3 Å². The molecule has 8 nitrogen and oxygen atoms in total. The predicted octanol–water partition coefficient (Wildman–Crippen LogP) is 3.45. The standard InChI is InChI=1S/C28H46N4O4/c1-3-17-34-19-21-36-22-20-35-18-15-32(2)24-27-23-25(10-11-26(27)9-6-16-33)8-4-5-12-29-28-30-13-7-14-31-28/h10-11,13,16,23H,3-9,12,14-15,17-22,24H2,1-2H3,(H,29,31). The summed E-state index contributed by atoms with van der Waals surface area (Å²) < 4.78 is 16.6. The van der Waals surface area contributed by atoms with Crippen molar-refractivity contribution in [3.63, 3.8) is 0 Å². The smallest absolute Gasteiger partial charge is 0.217 e. The maximum absolute atomic E-state index is 10.9. The highest BCUT2D eigenvalue weighted by Crippen LogP contribution is 2.17. The average Bonchev–Trinajstić information content (AvgIpc) is 2.89. The maximum atomic E-state index is 10.9. The lowest BCUT2D eigenvalue weighted by molar-refractivity contribution is -0.107. The number of guanidine groups is 1. The van der Waals surface area contributed by atoms with Crippen LogP contribution in [0, 0.1) is 0 Å². The Morgan fingerprint density at radius 1 is 1.00 bits per heavy atom. The first kappa shape index (κ1) is 30.1.